The van der Waals surface area contributed by atoms with Crippen LogP contribution in [0.3, 0.4) is 0 Å². The van der Waals surface area contributed by atoms with E-state index in [9.17, 15) is 9.59 Å². The molecule has 0 aliphatic heterocycles. The normalized spacial score (nSPS) is 10.1. The molecule has 0 radical (unpaired) electrons. The molecule has 2 rings (SSSR count). The highest BCUT2D eigenvalue weighted by Crippen LogP contribution is 2.10. The van der Waals surface area contributed by atoms with E-state index in [1.165, 1.54) is 0 Å². The third-order valence-electron chi connectivity index (χ3n) is 3.51. The molecule has 0 heterocycles. The van der Waals surface area contributed by atoms with Crippen LogP contribution in [0.5, 0.6) is 5.75 Å². The Bertz CT molecular complexity index is 643. The van der Waals surface area contributed by atoms with Crippen LogP contribution in [0.2, 0.25) is 0 Å². The molecule has 132 valence electrons. The van der Waals surface area contributed by atoms with Gasteiger partial charge in [-0.15, -0.1) is 0 Å². The Morgan fingerprint density at radius 3 is 2.24 bits per heavy atom. The van der Waals surface area contributed by atoms with Gasteiger partial charge < -0.3 is 14.8 Å². The lowest BCUT2D eigenvalue weighted by Gasteiger charge is -2.07. The number of esters is 1. The van der Waals surface area contributed by atoms with Gasteiger partial charge in [0.15, 0.2) is 0 Å². The van der Waals surface area contributed by atoms with Crippen LogP contribution in [0.4, 0.5) is 4.79 Å². The fourth-order valence-corrected chi connectivity index (χ4v) is 2.21. The van der Waals surface area contributed by atoms with Crippen molar-refractivity contribution in [3.63, 3.8) is 0 Å². The first-order chi connectivity index (χ1) is 12.2. The maximum Gasteiger partial charge on any atom is 0.407 e. The molecule has 0 unspecified atom stereocenters. The van der Waals surface area contributed by atoms with Crippen molar-refractivity contribution >= 4 is 12.1 Å². The fraction of sp³-hybridized carbons (Fsp3) is 0.300. The molecule has 5 nitrogen and oxygen atoms in total. The van der Waals surface area contributed by atoms with Gasteiger partial charge in [-0.2, -0.15) is 0 Å². The number of ether oxygens (including phenoxy) is 2. The molecule has 1 N–H and O–H groups in total. The van der Waals surface area contributed by atoms with Gasteiger partial charge in [-0.25, -0.2) is 4.79 Å². The zero-order chi connectivity index (χ0) is 17.7. The van der Waals surface area contributed by atoms with Crippen molar-refractivity contribution < 1.29 is 19.1 Å². The standard InChI is InChI=1S/C20H23NO4/c22-19(25-18-12-6-2-7-13-18)14-8-3-9-15-21-20(23)24-16-17-10-4-1-5-11-17/h1-2,4-7,10-13H,3,8-9,14-16H2,(H,21,23). The molecular formula is C20H23NO4. The molecule has 2 aromatic rings. The van der Waals surface area contributed by atoms with E-state index < -0.39 is 6.09 Å². The average molecular weight is 341 g/mol. The van der Waals surface area contributed by atoms with Crippen molar-refractivity contribution in [1.82, 2.24) is 5.32 Å². The maximum absolute atomic E-state index is 11.7. The summed E-state index contributed by atoms with van der Waals surface area (Å²) in [6.45, 7) is 0.791. The first-order valence-corrected chi connectivity index (χ1v) is 8.44. The van der Waals surface area contributed by atoms with Crippen molar-refractivity contribution in [2.45, 2.75) is 32.3 Å². The van der Waals surface area contributed by atoms with Gasteiger partial charge in [0.2, 0.25) is 0 Å². The van der Waals surface area contributed by atoms with Gasteiger partial charge in [-0.05, 0) is 30.5 Å². The van der Waals surface area contributed by atoms with Gasteiger partial charge in [0.25, 0.3) is 0 Å². The Labute approximate surface area is 148 Å². The quantitative estimate of drug-likeness (QED) is 0.424. The lowest BCUT2D eigenvalue weighted by atomic mass is 10.2. The van der Waals surface area contributed by atoms with E-state index in [-0.39, 0.29) is 12.6 Å². The minimum Gasteiger partial charge on any atom is -0.445 e. The molecule has 0 bridgehead atoms. The molecule has 0 atom stereocenters. The van der Waals surface area contributed by atoms with Crippen molar-refractivity contribution in [3.05, 3.63) is 66.2 Å². The summed E-state index contributed by atoms with van der Waals surface area (Å²) in [6.07, 6.45) is 2.30. The summed E-state index contributed by atoms with van der Waals surface area (Å²) < 4.78 is 10.3. The summed E-state index contributed by atoms with van der Waals surface area (Å²) in [5, 5.41) is 2.70. The Balaban J connectivity index is 1.47. The van der Waals surface area contributed by atoms with Crippen LogP contribution in [-0.2, 0) is 16.1 Å². The van der Waals surface area contributed by atoms with Gasteiger partial charge in [-0.1, -0.05) is 55.0 Å². The first kappa shape index (κ1) is 18.5. The zero-order valence-electron chi connectivity index (χ0n) is 14.1. The topological polar surface area (TPSA) is 64.6 Å². The smallest absolute Gasteiger partial charge is 0.407 e. The second kappa shape index (κ2) is 10.9. The van der Waals surface area contributed by atoms with E-state index in [4.69, 9.17) is 9.47 Å². The van der Waals surface area contributed by atoms with Gasteiger partial charge in [-0.3, -0.25) is 4.79 Å². The highest BCUT2D eigenvalue weighted by molar-refractivity contribution is 5.72. The molecule has 0 fully saturated rings. The van der Waals surface area contributed by atoms with E-state index in [2.05, 4.69) is 5.32 Å². The summed E-state index contributed by atoms with van der Waals surface area (Å²) in [5.74, 6) is 0.330. The fourth-order valence-electron chi connectivity index (χ4n) is 2.21. The average Bonchev–Trinajstić information content (AvgIpc) is 2.64. The number of unbranched alkanes of at least 4 members (excludes halogenated alkanes) is 2. The van der Waals surface area contributed by atoms with Crippen molar-refractivity contribution in [2.75, 3.05) is 6.54 Å². The second-order valence-electron chi connectivity index (χ2n) is 5.59. The van der Waals surface area contributed by atoms with E-state index in [1.54, 1.807) is 12.1 Å². The van der Waals surface area contributed by atoms with E-state index in [0.29, 0.717) is 18.7 Å². The molecule has 0 aliphatic carbocycles. The van der Waals surface area contributed by atoms with Crippen LogP contribution in [0.25, 0.3) is 0 Å². The SMILES string of the molecule is O=C(CCCCCNC(=O)OCc1ccccc1)Oc1ccccc1. The van der Waals surface area contributed by atoms with Crippen molar-refractivity contribution in [3.8, 4) is 5.75 Å². The van der Waals surface area contributed by atoms with Gasteiger partial charge in [0, 0.05) is 13.0 Å². The number of para-hydroxylation sites is 1. The van der Waals surface area contributed by atoms with Crippen LogP contribution in [0.15, 0.2) is 60.7 Å². The number of amides is 1. The Morgan fingerprint density at radius 1 is 0.840 bits per heavy atom. The monoisotopic (exact) mass is 341 g/mol. The molecule has 0 aromatic heterocycles. The molecule has 0 spiro atoms. The largest absolute Gasteiger partial charge is 0.445 e. The number of alkyl carbamates (subject to hydrolysis) is 1. The van der Waals surface area contributed by atoms with E-state index in [1.807, 2.05) is 48.5 Å². The Kier molecular flexibility index (Phi) is 8.05. The lowest BCUT2D eigenvalue weighted by Crippen LogP contribution is -2.25. The summed E-state index contributed by atoms with van der Waals surface area (Å²) >= 11 is 0. The van der Waals surface area contributed by atoms with Crippen LogP contribution < -0.4 is 10.1 Å². The minimum absolute atomic E-state index is 0.235. The predicted octanol–water partition coefficient (Wildman–Crippen LogP) is 4.08. The molecule has 2 aromatic carbocycles. The summed E-state index contributed by atoms with van der Waals surface area (Å²) in [4.78, 5) is 23.2. The lowest BCUT2D eigenvalue weighted by molar-refractivity contribution is -0.134. The minimum atomic E-state index is -0.424. The van der Waals surface area contributed by atoms with Crippen molar-refractivity contribution in [1.29, 1.82) is 0 Å². The molecule has 25 heavy (non-hydrogen) atoms. The number of nitrogens with one attached hydrogen (secondary N) is 1. The molecule has 0 saturated heterocycles. The van der Waals surface area contributed by atoms with Crippen LogP contribution >= 0.6 is 0 Å². The number of hydrogen-bond acceptors (Lipinski definition) is 4. The molecule has 5 heteroatoms. The van der Waals surface area contributed by atoms with Gasteiger partial charge in [0.05, 0.1) is 0 Å². The first-order valence-electron chi connectivity index (χ1n) is 8.44. The van der Waals surface area contributed by atoms with E-state index in [0.717, 1.165) is 24.8 Å². The van der Waals surface area contributed by atoms with Crippen LogP contribution in [0.1, 0.15) is 31.2 Å². The molecular weight excluding hydrogens is 318 g/mol. The zero-order valence-corrected chi connectivity index (χ0v) is 14.1. The number of benzene rings is 2. The molecule has 0 aliphatic rings. The van der Waals surface area contributed by atoms with Gasteiger partial charge >= 0.3 is 12.1 Å². The van der Waals surface area contributed by atoms with Gasteiger partial charge in [0.1, 0.15) is 12.4 Å². The molecule has 0 saturated carbocycles. The summed E-state index contributed by atoms with van der Waals surface area (Å²) in [7, 11) is 0. The van der Waals surface area contributed by atoms with E-state index >= 15 is 0 Å². The highest BCUT2D eigenvalue weighted by atomic mass is 16.5. The molecule has 1 amide bonds. The number of rotatable bonds is 9. The second-order valence-corrected chi connectivity index (χ2v) is 5.59. The third kappa shape index (κ3) is 8.01. The van der Waals surface area contributed by atoms with Crippen LogP contribution in [-0.4, -0.2) is 18.6 Å². The highest BCUT2D eigenvalue weighted by Gasteiger charge is 2.05. The maximum atomic E-state index is 11.7. The number of hydrogen-bond donors (Lipinski definition) is 1. The van der Waals surface area contributed by atoms with Crippen LogP contribution in [0, 0.1) is 0 Å². The van der Waals surface area contributed by atoms with Crippen molar-refractivity contribution in [2.24, 2.45) is 0 Å². The summed E-state index contributed by atoms with van der Waals surface area (Å²) in [6, 6.07) is 18.6. The number of carbonyl (C=O) groups excluding carboxylic acids is 2. The summed E-state index contributed by atoms with van der Waals surface area (Å²) in [5.41, 5.74) is 0.953. The Hall–Kier alpha value is -2.82. The number of carbonyl (C=O) groups is 2. The predicted molar refractivity (Wildman–Crippen MR) is 95.2 cm³/mol. The third-order valence-corrected chi connectivity index (χ3v) is 3.51. The Morgan fingerprint density at radius 2 is 1.52 bits per heavy atom.